The quantitative estimate of drug-likeness (QED) is 0.476. The normalized spacial score (nSPS) is 15.2. The number of rotatable bonds is 5. The van der Waals surface area contributed by atoms with Gasteiger partial charge in [0.05, 0.1) is 0 Å². The molecule has 0 unspecified atom stereocenters. The molecule has 1 aliphatic rings. The fourth-order valence-corrected chi connectivity index (χ4v) is 3.10. The van der Waals surface area contributed by atoms with Crippen LogP contribution in [0.5, 0.6) is 0 Å². The van der Waals surface area contributed by atoms with Crippen LogP contribution in [-0.2, 0) is 16.0 Å². The van der Waals surface area contributed by atoms with Gasteiger partial charge in [0, 0.05) is 11.1 Å². The highest BCUT2D eigenvalue weighted by molar-refractivity contribution is 6.30. The van der Waals surface area contributed by atoms with Crippen molar-refractivity contribution in [1.82, 2.24) is 0 Å². The van der Waals surface area contributed by atoms with Crippen molar-refractivity contribution in [3.8, 4) is 0 Å². The van der Waals surface area contributed by atoms with Crippen LogP contribution in [0.15, 0.2) is 54.6 Å². The number of Topliss-reactive ketones (excluding diaryl/α,β-unsaturated/α-hetero) is 2. The second kappa shape index (κ2) is 6.57. The van der Waals surface area contributed by atoms with Crippen molar-refractivity contribution in [3.63, 3.8) is 0 Å². The van der Waals surface area contributed by atoms with Crippen molar-refractivity contribution in [1.29, 1.82) is 0 Å². The molecule has 0 N–H and O–H groups in total. The largest absolute Gasteiger partial charge is 0.463 e. The van der Waals surface area contributed by atoms with Gasteiger partial charge in [-0.25, -0.2) is 0 Å². The maximum Gasteiger partial charge on any atom is 0.320 e. The van der Waals surface area contributed by atoms with E-state index in [1.165, 1.54) is 0 Å². The maximum atomic E-state index is 13.0. The highest BCUT2D eigenvalue weighted by atomic mass is 35.5. The summed E-state index contributed by atoms with van der Waals surface area (Å²) in [5.41, 5.74) is 0.155. The topological polar surface area (TPSA) is 60.4 Å². The molecule has 122 valence electrons. The van der Waals surface area contributed by atoms with E-state index in [1.807, 2.05) is 30.3 Å². The van der Waals surface area contributed by atoms with Crippen LogP contribution >= 0.6 is 11.6 Å². The molecule has 2 aromatic carbocycles. The Balaban J connectivity index is 2.02. The molecular weight excluding hydrogens is 328 g/mol. The van der Waals surface area contributed by atoms with E-state index in [4.69, 9.17) is 16.3 Å². The van der Waals surface area contributed by atoms with Crippen LogP contribution in [0.4, 0.5) is 0 Å². The van der Waals surface area contributed by atoms with Crippen molar-refractivity contribution in [2.45, 2.75) is 6.42 Å². The third-order valence-corrected chi connectivity index (χ3v) is 4.44. The molecule has 2 aromatic rings. The van der Waals surface area contributed by atoms with Crippen molar-refractivity contribution >= 4 is 29.1 Å². The number of alkyl halides is 1. The lowest BCUT2D eigenvalue weighted by molar-refractivity contribution is -0.142. The minimum absolute atomic E-state index is 0.176. The smallest absolute Gasteiger partial charge is 0.320 e. The Morgan fingerprint density at radius 2 is 1.46 bits per heavy atom. The number of esters is 1. The fourth-order valence-electron chi connectivity index (χ4n) is 3.03. The molecule has 5 heteroatoms. The van der Waals surface area contributed by atoms with Gasteiger partial charge in [-0.05, 0) is 12.0 Å². The van der Waals surface area contributed by atoms with E-state index in [9.17, 15) is 14.4 Å². The molecule has 0 saturated carbocycles. The SMILES string of the molecule is O=C(CCl)OCC1(Cc2ccccc2)C(=O)c2ccccc2C1=O. The lowest BCUT2D eigenvalue weighted by Crippen LogP contribution is -2.41. The zero-order valence-electron chi connectivity index (χ0n) is 12.8. The lowest BCUT2D eigenvalue weighted by atomic mass is 9.77. The maximum absolute atomic E-state index is 13.0. The number of halogens is 1. The first-order chi connectivity index (χ1) is 11.6. The van der Waals surface area contributed by atoms with E-state index in [2.05, 4.69) is 0 Å². The van der Waals surface area contributed by atoms with Gasteiger partial charge in [0.15, 0.2) is 11.6 Å². The Morgan fingerprint density at radius 3 is 2.00 bits per heavy atom. The molecule has 0 radical (unpaired) electrons. The number of fused-ring (bicyclic) bond motifs is 1. The van der Waals surface area contributed by atoms with Crippen molar-refractivity contribution in [2.24, 2.45) is 5.41 Å². The number of carbonyl (C=O) groups excluding carboxylic acids is 3. The molecule has 0 bridgehead atoms. The number of ketones is 2. The van der Waals surface area contributed by atoms with E-state index in [1.54, 1.807) is 24.3 Å². The molecule has 0 amide bonds. The van der Waals surface area contributed by atoms with Gasteiger partial charge >= 0.3 is 5.97 Å². The molecule has 0 saturated heterocycles. The number of benzene rings is 2. The fraction of sp³-hybridized carbons (Fsp3) is 0.211. The third-order valence-electron chi connectivity index (χ3n) is 4.22. The monoisotopic (exact) mass is 342 g/mol. The Bertz CT molecular complexity index is 763. The lowest BCUT2D eigenvalue weighted by Gasteiger charge is -2.25. The van der Waals surface area contributed by atoms with Crippen LogP contribution in [0.1, 0.15) is 26.3 Å². The molecule has 24 heavy (non-hydrogen) atoms. The van der Waals surface area contributed by atoms with Gasteiger partial charge < -0.3 is 4.74 Å². The first kappa shape index (κ1) is 16.4. The van der Waals surface area contributed by atoms with Gasteiger partial charge in [0.1, 0.15) is 17.9 Å². The van der Waals surface area contributed by atoms with Crippen LogP contribution in [-0.4, -0.2) is 30.0 Å². The highest BCUT2D eigenvalue weighted by Gasteiger charge is 2.53. The predicted octanol–water partition coefficient (Wildman–Crippen LogP) is 3.08. The molecule has 0 atom stereocenters. The minimum Gasteiger partial charge on any atom is -0.463 e. The first-order valence-corrected chi connectivity index (χ1v) is 8.06. The Kier molecular flexibility index (Phi) is 4.49. The van der Waals surface area contributed by atoms with E-state index in [-0.39, 0.29) is 30.5 Å². The zero-order valence-corrected chi connectivity index (χ0v) is 13.6. The number of carbonyl (C=O) groups is 3. The van der Waals surface area contributed by atoms with Crippen molar-refractivity contribution < 1.29 is 19.1 Å². The van der Waals surface area contributed by atoms with E-state index >= 15 is 0 Å². The third kappa shape index (κ3) is 2.74. The molecule has 0 spiro atoms. The van der Waals surface area contributed by atoms with Gasteiger partial charge in [-0.15, -0.1) is 11.6 Å². The van der Waals surface area contributed by atoms with Gasteiger partial charge in [-0.3, -0.25) is 14.4 Å². The molecule has 0 aromatic heterocycles. The Hall–Kier alpha value is -2.46. The summed E-state index contributed by atoms with van der Waals surface area (Å²) in [6.45, 7) is -0.306. The van der Waals surface area contributed by atoms with Crippen molar-refractivity contribution in [3.05, 3.63) is 71.3 Å². The minimum atomic E-state index is -1.42. The summed E-state index contributed by atoms with van der Waals surface area (Å²) < 4.78 is 5.11. The average molecular weight is 343 g/mol. The molecule has 4 nitrogen and oxygen atoms in total. The Labute approximate surface area is 144 Å². The Morgan fingerprint density at radius 1 is 0.917 bits per heavy atom. The molecule has 1 aliphatic carbocycles. The van der Waals surface area contributed by atoms with Crippen LogP contribution in [0.2, 0.25) is 0 Å². The summed E-state index contributed by atoms with van der Waals surface area (Å²) in [5, 5.41) is 0. The summed E-state index contributed by atoms with van der Waals surface area (Å²) in [6, 6.07) is 15.9. The van der Waals surface area contributed by atoms with Crippen LogP contribution < -0.4 is 0 Å². The number of hydrogen-bond acceptors (Lipinski definition) is 4. The van der Waals surface area contributed by atoms with Gasteiger partial charge in [0.2, 0.25) is 0 Å². The van der Waals surface area contributed by atoms with E-state index in [0.717, 1.165) is 5.56 Å². The zero-order chi connectivity index (χ0) is 17.2. The van der Waals surface area contributed by atoms with E-state index < -0.39 is 11.4 Å². The molecular formula is C19H15ClO4. The van der Waals surface area contributed by atoms with Crippen LogP contribution in [0, 0.1) is 5.41 Å². The van der Waals surface area contributed by atoms with E-state index in [0.29, 0.717) is 11.1 Å². The van der Waals surface area contributed by atoms with Crippen LogP contribution in [0.3, 0.4) is 0 Å². The molecule has 0 heterocycles. The van der Waals surface area contributed by atoms with Gasteiger partial charge in [0.25, 0.3) is 0 Å². The summed E-state index contributed by atoms with van der Waals surface area (Å²) in [7, 11) is 0. The second-order valence-electron chi connectivity index (χ2n) is 5.74. The predicted molar refractivity (Wildman–Crippen MR) is 89.4 cm³/mol. The summed E-state index contributed by atoms with van der Waals surface area (Å²) in [4.78, 5) is 37.5. The second-order valence-corrected chi connectivity index (χ2v) is 6.01. The summed E-state index contributed by atoms with van der Waals surface area (Å²) in [6.07, 6.45) is 0.176. The number of hydrogen-bond donors (Lipinski definition) is 0. The van der Waals surface area contributed by atoms with Crippen LogP contribution in [0.25, 0.3) is 0 Å². The van der Waals surface area contributed by atoms with Gasteiger partial charge in [-0.1, -0.05) is 54.6 Å². The molecule has 0 aliphatic heterocycles. The molecule has 3 rings (SSSR count). The number of ether oxygens (including phenoxy) is 1. The average Bonchev–Trinajstić information content (AvgIpc) is 2.83. The van der Waals surface area contributed by atoms with Crippen molar-refractivity contribution in [2.75, 3.05) is 12.5 Å². The molecule has 0 fully saturated rings. The first-order valence-electron chi connectivity index (χ1n) is 7.52. The summed E-state index contributed by atoms with van der Waals surface area (Å²) in [5.74, 6) is -1.60. The highest BCUT2D eigenvalue weighted by Crippen LogP contribution is 2.40. The summed E-state index contributed by atoms with van der Waals surface area (Å²) >= 11 is 5.46. The van der Waals surface area contributed by atoms with Gasteiger partial charge in [-0.2, -0.15) is 0 Å². The standard InChI is InChI=1S/C19H15ClO4/c20-11-16(21)24-12-19(10-13-6-2-1-3-7-13)17(22)14-8-4-5-9-15(14)18(19)23/h1-9H,10-12H2.